The van der Waals surface area contributed by atoms with Gasteiger partial charge in [0, 0.05) is 27.1 Å². The molecule has 40 heavy (non-hydrogen) atoms. The van der Waals surface area contributed by atoms with E-state index in [9.17, 15) is 5.26 Å². The van der Waals surface area contributed by atoms with E-state index < -0.39 is 0 Å². The highest BCUT2D eigenvalue weighted by atomic mass is 16.3. The number of hydrogen-bond acceptors (Lipinski definition) is 3. The number of nitrogens with zero attached hydrogens (tertiary/aromatic N) is 1. The van der Waals surface area contributed by atoms with Crippen molar-refractivity contribution in [3.05, 3.63) is 133 Å². The van der Waals surface area contributed by atoms with E-state index in [1.807, 2.05) is 84.9 Å². The summed E-state index contributed by atoms with van der Waals surface area (Å²) in [6.45, 7) is 0. The van der Waals surface area contributed by atoms with Crippen molar-refractivity contribution in [2.45, 2.75) is 0 Å². The summed E-state index contributed by atoms with van der Waals surface area (Å²) in [6.07, 6.45) is 0. The van der Waals surface area contributed by atoms with Crippen LogP contribution in [0.15, 0.2) is 136 Å². The Morgan fingerprint density at radius 3 is 1.68 bits per heavy atom. The van der Waals surface area contributed by atoms with Crippen molar-refractivity contribution in [2.24, 2.45) is 0 Å². The lowest BCUT2D eigenvalue weighted by Crippen LogP contribution is -1.91. The van der Waals surface area contributed by atoms with Crippen LogP contribution in [0.3, 0.4) is 0 Å². The van der Waals surface area contributed by atoms with E-state index >= 15 is 0 Å². The summed E-state index contributed by atoms with van der Waals surface area (Å²) in [6, 6.07) is 45.5. The van der Waals surface area contributed by atoms with E-state index in [0.29, 0.717) is 5.56 Å². The molecular formula is C37H21NO2. The van der Waals surface area contributed by atoms with Crippen LogP contribution in [0.25, 0.3) is 77.3 Å². The zero-order valence-electron chi connectivity index (χ0n) is 21.4. The molecule has 0 N–H and O–H groups in total. The maximum Gasteiger partial charge on any atom is 0.136 e. The highest BCUT2D eigenvalue weighted by Gasteiger charge is 2.19. The predicted molar refractivity (Wildman–Crippen MR) is 162 cm³/mol. The summed E-state index contributed by atoms with van der Waals surface area (Å²) in [7, 11) is 0. The van der Waals surface area contributed by atoms with E-state index in [-0.39, 0.29) is 0 Å². The molecule has 0 spiro atoms. The second-order valence-electron chi connectivity index (χ2n) is 9.97. The molecule has 0 aliphatic carbocycles. The number of furan rings is 2. The van der Waals surface area contributed by atoms with Crippen LogP contribution in [0, 0.1) is 11.3 Å². The first-order valence-corrected chi connectivity index (χ1v) is 13.2. The van der Waals surface area contributed by atoms with Gasteiger partial charge in [-0.05, 0) is 64.2 Å². The average Bonchev–Trinajstić information content (AvgIpc) is 3.59. The minimum absolute atomic E-state index is 0.636. The van der Waals surface area contributed by atoms with E-state index in [1.165, 1.54) is 0 Å². The van der Waals surface area contributed by atoms with E-state index in [2.05, 4.69) is 48.5 Å². The summed E-state index contributed by atoms with van der Waals surface area (Å²) in [5.74, 6) is 0. The van der Waals surface area contributed by atoms with Crippen LogP contribution in [-0.4, -0.2) is 0 Å². The third-order valence-electron chi connectivity index (χ3n) is 7.76. The zero-order valence-corrected chi connectivity index (χ0v) is 21.4. The number of rotatable bonds is 3. The summed E-state index contributed by atoms with van der Waals surface area (Å²) < 4.78 is 12.4. The first-order valence-electron chi connectivity index (χ1n) is 13.2. The number of nitriles is 1. The minimum atomic E-state index is 0.636. The van der Waals surface area contributed by atoms with Gasteiger partial charge in [0.1, 0.15) is 22.3 Å². The molecule has 0 radical (unpaired) electrons. The summed E-state index contributed by atoms with van der Waals surface area (Å²) >= 11 is 0. The first kappa shape index (κ1) is 22.4. The SMILES string of the molecule is N#Cc1ccccc1-c1cc(-c2cccc3oc4ccccc4c23)ccc1-c1cccc2oc3ccccc3c12. The Hall–Kier alpha value is -5.59. The largest absolute Gasteiger partial charge is 0.456 e. The normalized spacial score (nSPS) is 11.5. The Balaban J connectivity index is 1.45. The highest BCUT2D eigenvalue weighted by Crippen LogP contribution is 2.44. The zero-order chi connectivity index (χ0) is 26.6. The Bertz CT molecular complexity index is 2290. The van der Waals surface area contributed by atoms with Crippen molar-refractivity contribution in [3.63, 3.8) is 0 Å². The van der Waals surface area contributed by atoms with Gasteiger partial charge in [0.05, 0.1) is 11.6 Å². The van der Waals surface area contributed by atoms with Gasteiger partial charge in [-0.2, -0.15) is 5.26 Å². The fourth-order valence-corrected chi connectivity index (χ4v) is 6.00. The van der Waals surface area contributed by atoms with Crippen LogP contribution in [0.2, 0.25) is 0 Å². The van der Waals surface area contributed by atoms with Gasteiger partial charge in [0.15, 0.2) is 0 Å². The van der Waals surface area contributed by atoms with Crippen LogP contribution in [0.5, 0.6) is 0 Å². The molecule has 0 fully saturated rings. The molecular weight excluding hydrogens is 490 g/mol. The Morgan fingerprint density at radius 1 is 0.425 bits per heavy atom. The molecule has 8 aromatic rings. The van der Waals surface area contributed by atoms with E-state index in [4.69, 9.17) is 8.83 Å². The van der Waals surface area contributed by atoms with Crippen molar-refractivity contribution < 1.29 is 8.83 Å². The van der Waals surface area contributed by atoms with Crippen LogP contribution >= 0.6 is 0 Å². The molecule has 0 bridgehead atoms. The summed E-state index contributed by atoms with van der Waals surface area (Å²) in [5.41, 5.74) is 10.2. The van der Waals surface area contributed by atoms with Crippen molar-refractivity contribution >= 4 is 43.9 Å². The topological polar surface area (TPSA) is 50.1 Å². The Kier molecular flexibility index (Phi) is 4.89. The molecule has 8 rings (SSSR count). The van der Waals surface area contributed by atoms with Crippen molar-refractivity contribution in [1.82, 2.24) is 0 Å². The molecule has 2 aromatic heterocycles. The quantitative estimate of drug-likeness (QED) is 0.237. The van der Waals surface area contributed by atoms with Gasteiger partial charge in [-0.3, -0.25) is 0 Å². The molecule has 2 heterocycles. The molecule has 0 aliphatic rings. The van der Waals surface area contributed by atoms with Gasteiger partial charge < -0.3 is 8.83 Å². The summed E-state index contributed by atoms with van der Waals surface area (Å²) in [5, 5.41) is 14.4. The third-order valence-corrected chi connectivity index (χ3v) is 7.76. The monoisotopic (exact) mass is 511 g/mol. The maximum absolute atomic E-state index is 10.1. The van der Waals surface area contributed by atoms with Crippen molar-refractivity contribution in [3.8, 4) is 39.4 Å². The Morgan fingerprint density at radius 2 is 0.975 bits per heavy atom. The van der Waals surface area contributed by atoms with Crippen molar-refractivity contribution in [1.29, 1.82) is 5.26 Å². The molecule has 3 nitrogen and oxygen atoms in total. The summed E-state index contributed by atoms with van der Waals surface area (Å²) in [4.78, 5) is 0. The molecule has 6 aromatic carbocycles. The van der Waals surface area contributed by atoms with Gasteiger partial charge in [0.2, 0.25) is 0 Å². The molecule has 0 unspecified atom stereocenters. The van der Waals surface area contributed by atoms with E-state index in [1.54, 1.807) is 0 Å². The second-order valence-corrected chi connectivity index (χ2v) is 9.97. The molecule has 0 aliphatic heterocycles. The van der Waals surface area contributed by atoms with E-state index in [0.717, 1.165) is 77.3 Å². The average molecular weight is 512 g/mol. The molecule has 0 saturated carbocycles. The van der Waals surface area contributed by atoms with Gasteiger partial charge in [-0.1, -0.05) is 91.0 Å². The molecule has 0 atom stereocenters. The van der Waals surface area contributed by atoms with Gasteiger partial charge in [-0.25, -0.2) is 0 Å². The highest BCUT2D eigenvalue weighted by molar-refractivity contribution is 6.15. The lowest BCUT2D eigenvalue weighted by molar-refractivity contribution is 0.668. The van der Waals surface area contributed by atoms with Crippen molar-refractivity contribution in [2.75, 3.05) is 0 Å². The Labute approximate surface area is 230 Å². The smallest absolute Gasteiger partial charge is 0.136 e. The molecule has 0 saturated heterocycles. The molecule has 186 valence electrons. The number of fused-ring (bicyclic) bond motifs is 6. The van der Waals surface area contributed by atoms with Gasteiger partial charge in [0.25, 0.3) is 0 Å². The van der Waals surface area contributed by atoms with Gasteiger partial charge >= 0.3 is 0 Å². The van der Waals surface area contributed by atoms with Crippen LogP contribution in [0.4, 0.5) is 0 Å². The maximum atomic E-state index is 10.1. The fraction of sp³-hybridized carbons (Fsp3) is 0. The predicted octanol–water partition coefficient (Wildman–Crippen LogP) is 10.4. The number of hydrogen-bond donors (Lipinski definition) is 0. The third kappa shape index (κ3) is 3.30. The first-order chi connectivity index (χ1) is 19.8. The fourth-order valence-electron chi connectivity index (χ4n) is 6.00. The standard InChI is InChI=1S/C37H21NO2/c38-22-24-9-1-2-10-25(24)31-21-23(26-13-7-17-34-36(26)29-11-3-5-15-32(29)39-34)19-20-27(31)28-14-8-18-35-37(28)30-12-4-6-16-33(30)40-35/h1-21H. The van der Waals surface area contributed by atoms with Crippen LogP contribution < -0.4 is 0 Å². The molecule has 3 heteroatoms. The lowest BCUT2D eigenvalue weighted by atomic mass is 9.87. The second kappa shape index (κ2) is 8.73. The minimum Gasteiger partial charge on any atom is -0.456 e. The van der Waals surface area contributed by atoms with Crippen LogP contribution in [0.1, 0.15) is 5.56 Å². The molecule has 0 amide bonds. The number of benzene rings is 6. The van der Waals surface area contributed by atoms with Crippen LogP contribution in [-0.2, 0) is 0 Å². The lowest BCUT2D eigenvalue weighted by Gasteiger charge is -2.15. The number of para-hydroxylation sites is 2. The van der Waals surface area contributed by atoms with Gasteiger partial charge in [-0.15, -0.1) is 0 Å².